The second kappa shape index (κ2) is 5.49. The first-order chi connectivity index (χ1) is 9.24. The van der Waals surface area contributed by atoms with Crippen LogP contribution in [0.5, 0.6) is 0 Å². The van der Waals surface area contributed by atoms with Gasteiger partial charge in [-0.25, -0.2) is 4.98 Å². The van der Waals surface area contributed by atoms with Crippen molar-refractivity contribution in [2.45, 2.75) is 44.6 Å². The number of anilines is 1. The lowest BCUT2D eigenvalue weighted by atomic mass is 9.96. The number of nitrogens with zero attached hydrogens (tertiary/aromatic N) is 1. The summed E-state index contributed by atoms with van der Waals surface area (Å²) in [5.41, 5.74) is 0.987. The van der Waals surface area contributed by atoms with Crippen molar-refractivity contribution in [3.8, 4) is 0 Å². The normalized spacial score (nSPS) is 28.6. The Hall–Kier alpha value is -1.10. The summed E-state index contributed by atoms with van der Waals surface area (Å²) in [4.78, 5) is 15.7. The van der Waals surface area contributed by atoms with Crippen LogP contribution < -0.4 is 5.32 Å². The van der Waals surface area contributed by atoms with Gasteiger partial charge in [-0.1, -0.05) is 6.42 Å². The number of methoxy groups -OCH3 is 1. The number of esters is 1. The molecule has 3 unspecified atom stereocenters. The molecule has 2 aliphatic rings. The van der Waals surface area contributed by atoms with E-state index in [0.717, 1.165) is 22.7 Å². The molecule has 0 saturated heterocycles. The lowest BCUT2D eigenvalue weighted by Crippen LogP contribution is -2.25. The van der Waals surface area contributed by atoms with E-state index in [9.17, 15) is 4.79 Å². The smallest absolute Gasteiger partial charge is 0.305 e. The quantitative estimate of drug-likeness (QED) is 0.843. The van der Waals surface area contributed by atoms with Crippen LogP contribution in [0.4, 0.5) is 5.13 Å². The molecule has 1 aromatic rings. The van der Waals surface area contributed by atoms with Crippen LogP contribution in [0.2, 0.25) is 0 Å². The number of hydrogen-bond acceptors (Lipinski definition) is 5. The number of hydrogen-bond donors (Lipinski definition) is 1. The largest absolute Gasteiger partial charge is 0.469 e. The van der Waals surface area contributed by atoms with Gasteiger partial charge in [0.15, 0.2) is 5.13 Å². The molecule has 0 spiro atoms. The summed E-state index contributed by atoms with van der Waals surface area (Å²) in [6, 6.07) is 0.623. The molecule has 3 atom stereocenters. The first-order valence-corrected chi connectivity index (χ1v) is 7.90. The van der Waals surface area contributed by atoms with Crippen LogP contribution in [0.3, 0.4) is 0 Å². The third-order valence-electron chi connectivity index (χ3n) is 4.41. The van der Waals surface area contributed by atoms with Crippen LogP contribution in [-0.2, 0) is 16.0 Å². The monoisotopic (exact) mass is 280 g/mol. The van der Waals surface area contributed by atoms with Crippen molar-refractivity contribution in [1.29, 1.82) is 0 Å². The van der Waals surface area contributed by atoms with E-state index in [0.29, 0.717) is 18.9 Å². The van der Waals surface area contributed by atoms with E-state index in [2.05, 4.69) is 15.0 Å². The molecular weight excluding hydrogens is 260 g/mol. The standard InChI is InChI=1S/C14H20N2O2S/c1-18-13(17)5-4-11-8-19-14(15-11)16-12-7-9-2-3-10(12)6-9/h8-10,12H,2-7H2,1H3,(H,15,16). The zero-order valence-corrected chi connectivity index (χ0v) is 12.0. The van der Waals surface area contributed by atoms with Gasteiger partial charge in [0.25, 0.3) is 0 Å². The van der Waals surface area contributed by atoms with Gasteiger partial charge in [-0.3, -0.25) is 4.79 Å². The van der Waals surface area contributed by atoms with Gasteiger partial charge in [-0.15, -0.1) is 11.3 Å². The zero-order chi connectivity index (χ0) is 13.2. The average molecular weight is 280 g/mol. The molecule has 0 aliphatic heterocycles. The molecule has 0 radical (unpaired) electrons. The molecule has 1 aromatic heterocycles. The molecule has 1 N–H and O–H groups in total. The van der Waals surface area contributed by atoms with Crippen molar-refractivity contribution < 1.29 is 9.53 Å². The Morgan fingerprint density at radius 3 is 3.11 bits per heavy atom. The number of ether oxygens (including phenoxy) is 1. The van der Waals surface area contributed by atoms with Crippen molar-refractivity contribution in [3.05, 3.63) is 11.1 Å². The molecule has 2 saturated carbocycles. The number of rotatable bonds is 5. The average Bonchev–Trinajstić information content (AvgIpc) is 3.12. The summed E-state index contributed by atoms with van der Waals surface area (Å²) < 4.78 is 4.64. The van der Waals surface area contributed by atoms with Gasteiger partial charge in [0, 0.05) is 17.8 Å². The molecular formula is C14H20N2O2S. The molecule has 2 bridgehead atoms. The highest BCUT2D eigenvalue weighted by Gasteiger charge is 2.39. The van der Waals surface area contributed by atoms with E-state index < -0.39 is 0 Å². The SMILES string of the molecule is COC(=O)CCc1csc(NC2CC3CCC2C3)n1. The topological polar surface area (TPSA) is 51.2 Å². The van der Waals surface area contributed by atoms with Gasteiger partial charge < -0.3 is 10.1 Å². The van der Waals surface area contributed by atoms with Gasteiger partial charge in [-0.05, 0) is 31.1 Å². The molecule has 2 fully saturated rings. The first-order valence-electron chi connectivity index (χ1n) is 7.02. The number of thiazole rings is 1. The minimum atomic E-state index is -0.171. The number of carbonyl (C=O) groups is 1. The van der Waals surface area contributed by atoms with Crippen molar-refractivity contribution >= 4 is 22.4 Å². The number of aromatic nitrogens is 1. The van der Waals surface area contributed by atoms with Crippen molar-refractivity contribution in [1.82, 2.24) is 4.98 Å². The van der Waals surface area contributed by atoms with Crippen LogP contribution in [0.1, 0.15) is 37.8 Å². The first kappa shape index (κ1) is 12.9. The summed E-state index contributed by atoms with van der Waals surface area (Å²) >= 11 is 1.65. The number of fused-ring (bicyclic) bond motifs is 2. The van der Waals surface area contributed by atoms with Crippen LogP contribution in [0.25, 0.3) is 0 Å². The van der Waals surface area contributed by atoms with E-state index in [1.54, 1.807) is 11.3 Å². The van der Waals surface area contributed by atoms with Crippen LogP contribution in [0, 0.1) is 11.8 Å². The summed E-state index contributed by atoms with van der Waals surface area (Å²) in [6.45, 7) is 0. The molecule has 19 heavy (non-hydrogen) atoms. The predicted octanol–water partition coefficient (Wildman–Crippen LogP) is 2.85. The van der Waals surface area contributed by atoms with Gasteiger partial charge in [0.2, 0.25) is 0 Å². The summed E-state index contributed by atoms with van der Waals surface area (Å²) in [5.74, 6) is 1.63. The molecule has 1 heterocycles. The molecule has 5 heteroatoms. The van der Waals surface area contributed by atoms with Gasteiger partial charge in [0.1, 0.15) is 0 Å². The van der Waals surface area contributed by atoms with E-state index in [1.165, 1.54) is 32.8 Å². The fraction of sp³-hybridized carbons (Fsp3) is 0.714. The van der Waals surface area contributed by atoms with E-state index in [-0.39, 0.29) is 5.97 Å². The number of nitrogens with one attached hydrogen (secondary N) is 1. The van der Waals surface area contributed by atoms with Gasteiger partial charge in [0.05, 0.1) is 19.2 Å². The highest BCUT2D eigenvalue weighted by Crippen LogP contribution is 2.45. The highest BCUT2D eigenvalue weighted by molar-refractivity contribution is 7.13. The Bertz CT molecular complexity index is 460. The van der Waals surface area contributed by atoms with Crippen LogP contribution in [0.15, 0.2) is 5.38 Å². The second-order valence-corrected chi connectivity index (χ2v) is 6.50. The van der Waals surface area contributed by atoms with Gasteiger partial charge >= 0.3 is 5.97 Å². The Kier molecular flexibility index (Phi) is 3.73. The zero-order valence-electron chi connectivity index (χ0n) is 11.2. The lowest BCUT2D eigenvalue weighted by molar-refractivity contribution is -0.140. The minimum absolute atomic E-state index is 0.171. The lowest BCUT2D eigenvalue weighted by Gasteiger charge is -2.22. The Labute approximate surface area is 117 Å². The summed E-state index contributed by atoms with van der Waals surface area (Å²) in [6.07, 6.45) is 6.59. The van der Waals surface area contributed by atoms with E-state index in [1.807, 2.05) is 5.38 Å². The maximum absolute atomic E-state index is 11.1. The van der Waals surface area contributed by atoms with Crippen LogP contribution >= 0.6 is 11.3 Å². The third-order valence-corrected chi connectivity index (χ3v) is 5.23. The Balaban J connectivity index is 1.52. The number of carbonyl (C=O) groups excluding carboxylic acids is 1. The van der Waals surface area contributed by atoms with E-state index >= 15 is 0 Å². The molecule has 3 rings (SSSR count). The van der Waals surface area contributed by atoms with Gasteiger partial charge in [-0.2, -0.15) is 0 Å². The number of aryl methyl sites for hydroxylation is 1. The molecule has 0 aromatic carbocycles. The third kappa shape index (κ3) is 2.91. The van der Waals surface area contributed by atoms with Crippen molar-refractivity contribution in [3.63, 3.8) is 0 Å². The van der Waals surface area contributed by atoms with Crippen molar-refractivity contribution in [2.24, 2.45) is 11.8 Å². The van der Waals surface area contributed by atoms with Crippen LogP contribution in [-0.4, -0.2) is 24.1 Å². The fourth-order valence-corrected chi connectivity index (χ4v) is 4.21. The summed E-state index contributed by atoms with van der Waals surface area (Å²) in [5, 5.41) is 6.64. The molecule has 4 nitrogen and oxygen atoms in total. The van der Waals surface area contributed by atoms with Crippen molar-refractivity contribution in [2.75, 3.05) is 12.4 Å². The second-order valence-electron chi connectivity index (χ2n) is 5.65. The maximum Gasteiger partial charge on any atom is 0.305 e. The maximum atomic E-state index is 11.1. The summed E-state index contributed by atoms with van der Waals surface area (Å²) in [7, 11) is 1.42. The highest BCUT2D eigenvalue weighted by atomic mass is 32.1. The molecule has 104 valence electrons. The molecule has 2 aliphatic carbocycles. The molecule has 0 amide bonds. The Morgan fingerprint density at radius 1 is 1.53 bits per heavy atom. The predicted molar refractivity (Wildman–Crippen MR) is 75.3 cm³/mol. The fourth-order valence-electron chi connectivity index (χ4n) is 3.40. The Morgan fingerprint density at radius 2 is 2.42 bits per heavy atom. The van der Waals surface area contributed by atoms with E-state index in [4.69, 9.17) is 0 Å². The minimum Gasteiger partial charge on any atom is -0.469 e.